The van der Waals surface area contributed by atoms with Crippen LogP contribution in [0.25, 0.3) is 0 Å². The van der Waals surface area contributed by atoms with Gasteiger partial charge in [-0.15, -0.1) is 0 Å². The Morgan fingerprint density at radius 1 is 1.04 bits per heavy atom. The van der Waals surface area contributed by atoms with Crippen molar-refractivity contribution in [1.82, 2.24) is 4.90 Å². The van der Waals surface area contributed by atoms with Crippen LogP contribution in [0.2, 0.25) is 0 Å². The first-order valence-corrected chi connectivity index (χ1v) is 8.01. The number of carboxylic acids is 1. The van der Waals surface area contributed by atoms with Crippen molar-refractivity contribution in [3.8, 4) is 17.2 Å². The SMILES string of the molecule is COc1cc(C(=O)CN(C(C)=O)C(C(=O)O)C(C)C)cc(OC)c1OC. The van der Waals surface area contributed by atoms with Crippen molar-refractivity contribution in [2.75, 3.05) is 27.9 Å². The van der Waals surface area contributed by atoms with Crippen molar-refractivity contribution in [3.05, 3.63) is 17.7 Å². The molecular formula is C18H25NO7. The van der Waals surface area contributed by atoms with Gasteiger partial charge in [-0.3, -0.25) is 9.59 Å². The largest absolute Gasteiger partial charge is 0.493 e. The Balaban J connectivity index is 3.26. The fourth-order valence-electron chi connectivity index (χ4n) is 2.67. The summed E-state index contributed by atoms with van der Waals surface area (Å²) in [6.45, 7) is 4.22. The lowest BCUT2D eigenvalue weighted by molar-refractivity contribution is -0.150. The molecule has 1 amide bonds. The van der Waals surface area contributed by atoms with Gasteiger partial charge < -0.3 is 24.2 Å². The predicted octanol–water partition coefficient (Wildman–Crippen LogP) is 1.85. The van der Waals surface area contributed by atoms with E-state index in [1.54, 1.807) is 13.8 Å². The molecule has 0 spiro atoms. The molecule has 0 aliphatic carbocycles. The summed E-state index contributed by atoms with van der Waals surface area (Å²) in [7, 11) is 4.29. The average molecular weight is 367 g/mol. The highest BCUT2D eigenvalue weighted by Gasteiger charge is 2.32. The van der Waals surface area contributed by atoms with Crippen LogP contribution in [-0.4, -0.2) is 61.6 Å². The number of amides is 1. The van der Waals surface area contributed by atoms with Gasteiger partial charge in [0.15, 0.2) is 17.3 Å². The zero-order chi connectivity index (χ0) is 20.0. The molecule has 0 aromatic heterocycles. The second-order valence-electron chi connectivity index (χ2n) is 6.01. The molecule has 1 aromatic rings. The number of carboxylic acid groups (broad SMARTS) is 1. The van der Waals surface area contributed by atoms with E-state index in [1.165, 1.54) is 40.4 Å². The molecule has 1 unspecified atom stereocenters. The van der Waals surface area contributed by atoms with E-state index in [-0.39, 0.29) is 18.0 Å². The van der Waals surface area contributed by atoms with Gasteiger partial charge in [-0.25, -0.2) is 4.79 Å². The van der Waals surface area contributed by atoms with Crippen molar-refractivity contribution in [1.29, 1.82) is 0 Å². The number of benzene rings is 1. The van der Waals surface area contributed by atoms with Crippen LogP contribution in [0.4, 0.5) is 0 Å². The summed E-state index contributed by atoms with van der Waals surface area (Å²) in [5, 5.41) is 9.42. The zero-order valence-corrected chi connectivity index (χ0v) is 15.9. The van der Waals surface area contributed by atoms with Crippen LogP contribution in [0, 0.1) is 5.92 Å². The fourth-order valence-corrected chi connectivity index (χ4v) is 2.67. The summed E-state index contributed by atoms with van der Waals surface area (Å²) in [5.74, 6) is -1.53. The van der Waals surface area contributed by atoms with E-state index < -0.39 is 23.7 Å². The molecule has 0 aliphatic rings. The Morgan fingerprint density at radius 3 is 1.85 bits per heavy atom. The highest BCUT2D eigenvalue weighted by atomic mass is 16.5. The third-order valence-electron chi connectivity index (χ3n) is 3.93. The number of aliphatic carboxylic acids is 1. The first-order valence-electron chi connectivity index (χ1n) is 8.01. The monoisotopic (exact) mass is 367 g/mol. The Morgan fingerprint density at radius 2 is 1.54 bits per heavy atom. The van der Waals surface area contributed by atoms with Crippen LogP contribution in [0.3, 0.4) is 0 Å². The molecule has 0 fully saturated rings. The van der Waals surface area contributed by atoms with Crippen LogP contribution < -0.4 is 14.2 Å². The van der Waals surface area contributed by atoms with Gasteiger partial charge >= 0.3 is 5.97 Å². The third-order valence-corrected chi connectivity index (χ3v) is 3.93. The van der Waals surface area contributed by atoms with E-state index in [9.17, 15) is 19.5 Å². The quantitative estimate of drug-likeness (QED) is 0.665. The number of nitrogens with zero attached hydrogens (tertiary/aromatic N) is 1. The number of hydrogen-bond acceptors (Lipinski definition) is 6. The first-order chi connectivity index (χ1) is 12.2. The van der Waals surface area contributed by atoms with E-state index in [0.717, 1.165) is 4.90 Å². The van der Waals surface area contributed by atoms with E-state index >= 15 is 0 Å². The second-order valence-corrected chi connectivity index (χ2v) is 6.01. The molecular weight excluding hydrogens is 342 g/mol. The summed E-state index contributed by atoms with van der Waals surface area (Å²) >= 11 is 0. The van der Waals surface area contributed by atoms with Crippen molar-refractivity contribution >= 4 is 17.7 Å². The number of carbonyl (C=O) groups is 3. The van der Waals surface area contributed by atoms with Gasteiger partial charge in [-0.1, -0.05) is 13.8 Å². The molecule has 0 heterocycles. The first kappa shape index (κ1) is 21.3. The van der Waals surface area contributed by atoms with Gasteiger partial charge in [-0.05, 0) is 18.1 Å². The molecule has 8 nitrogen and oxygen atoms in total. The molecule has 0 aliphatic heterocycles. The molecule has 144 valence electrons. The molecule has 0 saturated carbocycles. The van der Waals surface area contributed by atoms with E-state index in [0.29, 0.717) is 17.2 Å². The van der Waals surface area contributed by atoms with Crippen LogP contribution in [-0.2, 0) is 9.59 Å². The molecule has 1 atom stereocenters. The minimum absolute atomic E-state index is 0.221. The standard InChI is InChI=1S/C18H25NO7/c1-10(2)16(18(22)23)19(11(3)20)9-13(21)12-7-14(24-4)17(26-6)15(8-12)25-5/h7-8,10,16H,9H2,1-6H3,(H,22,23). The number of ketones is 1. The minimum Gasteiger partial charge on any atom is -0.493 e. The number of carbonyl (C=O) groups excluding carboxylic acids is 2. The number of methoxy groups -OCH3 is 3. The summed E-state index contributed by atoms with van der Waals surface area (Å²) in [5.41, 5.74) is 0.221. The Hall–Kier alpha value is -2.77. The highest BCUT2D eigenvalue weighted by molar-refractivity contribution is 6.01. The number of hydrogen-bond donors (Lipinski definition) is 1. The Bertz CT molecular complexity index is 659. The van der Waals surface area contributed by atoms with E-state index in [2.05, 4.69) is 0 Å². The number of Topliss-reactive ketones (excluding diaryl/α,β-unsaturated/α-hetero) is 1. The summed E-state index contributed by atoms with van der Waals surface area (Å²) in [6.07, 6.45) is 0. The maximum atomic E-state index is 12.7. The minimum atomic E-state index is -1.16. The Kier molecular flexibility index (Phi) is 7.42. The zero-order valence-electron chi connectivity index (χ0n) is 15.9. The molecule has 0 bridgehead atoms. The van der Waals surface area contributed by atoms with Gasteiger partial charge in [-0.2, -0.15) is 0 Å². The topological polar surface area (TPSA) is 102 Å². The predicted molar refractivity (Wildman–Crippen MR) is 94.1 cm³/mol. The Labute approximate surface area is 152 Å². The maximum absolute atomic E-state index is 12.7. The van der Waals surface area contributed by atoms with Crippen LogP contribution in [0.5, 0.6) is 17.2 Å². The summed E-state index contributed by atoms with van der Waals surface area (Å²) in [6, 6.07) is 1.83. The van der Waals surface area contributed by atoms with Crippen molar-refractivity contribution in [2.45, 2.75) is 26.8 Å². The third kappa shape index (κ3) is 4.65. The van der Waals surface area contributed by atoms with Gasteiger partial charge in [0.25, 0.3) is 0 Å². The number of ether oxygens (including phenoxy) is 3. The lowest BCUT2D eigenvalue weighted by Crippen LogP contribution is -2.49. The van der Waals surface area contributed by atoms with Crippen LogP contribution >= 0.6 is 0 Å². The van der Waals surface area contributed by atoms with Crippen LogP contribution in [0.1, 0.15) is 31.1 Å². The lowest BCUT2D eigenvalue weighted by Gasteiger charge is -2.30. The molecule has 1 N–H and O–H groups in total. The van der Waals surface area contributed by atoms with Gasteiger partial charge in [0, 0.05) is 12.5 Å². The molecule has 0 saturated heterocycles. The van der Waals surface area contributed by atoms with E-state index in [1.807, 2.05) is 0 Å². The van der Waals surface area contributed by atoms with Gasteiger partial charge in [0.05, 0.1) is 27.9 Å². The smallest absolute Gasteiger partial charge is 0.326 e. The van der Waals surface area contributed by atoms with Gasteiger partial charge in [0.1, 0.15) is 6.04 Å². The van der Waals surface area contributed by atoms with E-state index in [4.69, 9.17) is 14.2 Å². The fraction of sp³-hybridized carbons (Fsp3) is 0.500. The average Bonchev–Trinajstić information content (AvgIpc) is 2.58. The molecule has 1 rings (SSSR count). The van der Waals surface area contributed by atoms with Crippen LogP contribution in [0.15, 0.2) is 12.1 Å². The highest BCUT2D eigenvalue weighted by Crippen LogP contribution is 2.38. The summed E-state index contributed by atoms with van der Waals surface area (Å²) < 4.78 is 15.6. The van der Waals surface area contributed by atoms with Crippen molar-refractivity contribution in [2.24, 2.45) is 5.92 Å². The molecule has 8 heteroatoms. The van der Waals surface area contributed by atoms with Crippen molar-refractivity contribution < 1.29 is 33.7 Å². The molecule has 1 aromatic carbocycles. The second kappa shape index (κ2) is 9.07. The maximum Gasteiger partial charge on any atom is 0.326 e. The summed E-state index contributed by atoms with van der Waals surface area (Å²) in [4.78, 5) is 37.2. The molecule has 0 radical (unpaired) electrons. The normalized spacial score (nSPS) is 11.7. The van der Waals surface area contributed by atoms with Gasteiger partial charge in [0.2, 0.25) is 11.7 Å². The van der Waals surface area contributed by atoms with Crippen molar-refractivity contribution in [3.63, 3.8) is 0 Å². The molecule has 26 heavy (non-hydrogen) atoms. The lowest BCUT2D eigenvalue weighted by atomic mass is 10.0. The number of rotatable bonds is 9.